The highest BCUT2D eigenvalue weighted by atomic mass is 16.5. The molecule has 2 aromatic heterocycles. The molecular weight excluding hydrogens is 456 g/mol. The van der Waals surface area contributed by atoms with Gasteiger partial charge in [-0.25, -0.2) is 4.98 Å². The second-order valence-corrected chi connectivity index (χ2v) is 9.68. The Kier molecular flexibility index (Phi) is 5.75. The van der Waals surface area contributed by atoms with Crippen LogP contribution in [0.1, 0.15) is 43.1 Å². The Morgan fingerprint density at radius 1 is 1.11 bits per heavy atom. The molecule has 0 bridgehead atoms. The number of carbonyl (C=O) groups excluding carboxylic acids is 2. The van der Waals surface area contributed by atoms with Crippen molar-refractivity contribution in [1.29, 1.82) is 0 Å². The number of hydrogen-bond acceptors (Lipinski definition) is 6. The molecule has 2 amide bonds. The molecule has 1 unspecified atom stereocenters. The van der Waals surface area contributed by atoms with Crippen LogP contribution < -0.4 is 4.90 Å². The van der Waals surface area contributed by atoms with Crippen LogP contribution in [0.5, 0.6) is 0 Å². The van der Waals surface area contributed by atoms with E-state index in [9.17, 15) is 9.59 Å². The summed E-state index contributed by atoms with van der Waals surface area (Å²) in [5, 5.41) is 4.18. The third-order valence-corrected chi connectivity index (χ3v) is 7.17. The number of carbonyl (C=O) groups is 2. The first-order valence-electron chi connectivity index (χ1n) is 12.5. The number of rotatable bonds is 6. The standard InChI is InChI=1S/C27H28N6O3/c1-18-4-7-21(8-5-18)33-16-20(15-25(33)35)27-29-26(30-36-27)19-6-9-23-22(14-19)28-17-32(23)13-10-24(34)31-11-2-3-12-31/h4-9,14,17,20H,2-3,10-13,15-16H2,1H3. The van der Waals surface area contributed by atoms with E-state index in [0.717, 1.165) is 53.8 Å². The van der Waals surface area contributed by atoms with E-state index in [1.54, 1.807) is 11.2 Å². The van der Waals surface area contributed by atoms with E-state index >= 15 is 0 Å². The summed E-state index contributed by atoms with van der Waals surface area (Å²) < 4.78 is 7.59. The fourth-order valence-corrected chi connectivity index (χ4v) is 5.09. The molecule has 4 heterocycles. The van der Waals surface area contributed by atoms with Gasteiger partial charge >= 0.3 is 0 Å². The number of imidazole rings is 1. The molecule has 6 rings (SSSR count). The number of aryl methyl sites for hydroxylation is 2. The smallest absolute Gasteiger partial charge is 0.232 e. The van der Waals surface area contributed by atoms with Gasteiger partial charge in [0.2, 0.25) is 23.5 Å². The molecular formula is C27H28N6O3. The van der Waals surface area contributed by atoms with Crippen LogP contribution in [0.4, 0.5) is 5.69 Å². The summed E-state index contributed by atoms with van der Waals surface area (Å²) >= 11 is 0. The van der Waals surface area contributed by atoms with E-state index in [1.165, 1.54) is 0 Å². The largest absolute Gasteiger partial charge is 0.343 e. The number of hydrogen-bond donors (Lipinski definition) is 0. The highest BCUT2D eigenvalue weighted by Gasteiger charge is 2.35. The molecule has 4 aromatic rings. The minimum Gasteiger partial charge on any atom is -0.343 e. The lowest BCUT2D eigenvalue weighted by Crippen LogP contribution is -2.28. The van der Waals surface area contributed by atoms with Crippen molar-refractivity contribution in [3.05, 3.63) is 60.2 Å². The summed E-state index contributed by atoms with van der Waals surface area (Å²) in [7, 11) is 0. The monoisotopic (exact) mass is 484 g/mol. The molecule has 36 heavy (non-hydrogen) atoms. The molecule has 9 heteroatoms. The number of nitrogens with zero attached hydrogens (tertiary/aromatic N) is 6. The van der Waals surface area contributed by atoms with Crippen LogP contribution in [-0.2, 0) is 16.1 Å². The van der Waals surface area contributed by atoms with Crippen molar-refractivity contribution in [3.63, 3.8) is 0 Å². The second kappa shape index (κ2) is 9.22. The van der Waals surface area contributed by atoms with Crippen molar-refractivity contribution in [2.75, 3.05) is 24.5 Å². The number of benzene rings is 2. The highest BCUT2D eigenvalue weighted by molar-refractivity contribution is 5.96. The minimum absolute atomic E-state index is 0.0544. The summed E-state index contributed by atoms with van der Waals surface area (Å²) in [4.78, 5) is 37.9. The van der Waals surface area contributed by atoms with E-state index in [2.05, 4.69) is 15.1 Å². The van der Waals surface area contributed by atoms with Crippen LogP contribution in [0.15, 0.2) is 53.3 Å². The van der Waals surface area contributed by atoms with Gasteiger partial charge in [0.1, 0.15) is 0 Å². The molecule has 2 aliphatic rings. The molecule has 184 valence electrons. The fraction of sp³-hybridized carbons (Fsp3) is 0.370. The summed E-state index contributed by atoms with van der Waals surface area (Å²) in [6.45, 7) is 4.89. The van der Waals surface area contributed by atoms with E-state index in [4.69, 9.17) is 4.52 Å². The maximum absolute atomic E-state index is 12.6. The second-order valence-electron chi connectivity index (χ2n) is 9.68. The van der Waals surface area contributed by atoms with E-state index in [1.807, 2.05) is 58.9 Å². The molecule has 0 aliphatic carbocycles. The van der Waals surface area contributed by atoms with Gasteiger partial charge in [-0.3, -0.25) is 9.59 Å². The average Bonchev–Trinajstić information content (AvgIpc) is 3.69. The van der Waals surface area contributed by atoms with Gasteiger partial charge in [-0.2, -0.15) is 4.98 Å². The van der Waals surface area contributed by atoms with Crippen LogP contribution in [-0.4, -0.2) is 56.0 Å². The number of anilines is 1. The Hall–Kier alpha value is -4.01. The summed E-state index contributed by atoms with van der Waals surface area (Å²) in [5.41, 5.74) is 4.62. The first kappa shape index (κ1) is 22.5. The molecule has 2 saturated heterocycles. The third kappa shape index (κ3) is 4.25. The van der Waals surface area contributed by atoms with Gasteiger partial charge in [-0.15, -0.1) is 0 Å². The van der Waals surface area contributed by atoms with Crippen LogP contribution in [0.25, 0.3) is 22.4 Å². The first-order valence-corrected chi connectivity index (χ1v) is 12.5. The molecule has 1 atom stereocenters. The van der Waals surface area contributed by atoms with Gasteiger partial charge in [-0.1, -0.05) is 22.9 Å². The maximum Gasteiger partial charge on any atom is 0.232 e. The minimum atomic E-state index is -0.142. The number of aromatic nitrogens is 4. The van der Waals surface area contributed by atoms with Crippen LogP contribution in [0, 0.1) is 6.92 Å². The van der Waals surface area contributed by atoms with Gasteiger partial charge in [0.05, 0.1) is 23.3 Å². The zero-order valence-electron chi connectivity index (χ0n) is 20.3. The Morgan fingerprint density at radius 2 is 1.92 bits per heavy atom. The SMILES string of the molecule is Cc1ccc(N2CC(c3nc(-c4ccc5c(c4)ncn5CCC(=O)N4CCCC4)no3)CC2=O)cc1. The third-order valence-electron chi connectivity index (χ3n) is 7.17. The van der Waals surface area contributed by atoms with E-state index in [0.29, 0.717) is 37.6 Å². The molecule has 2 aliphatic heterocycles. The topological polar surface area (TPSA) is 97.4 Å². The zero-order valence-corrected chi connectivity index (χ0v) is 20.3. The number of likely N-dealkylation sites (tertiary alicyclic amines) is 1. The predicted octanol–water partition coefficient (Wildman–Crippen LogP) is 3.93. The number of fused-ring (bicyclic) bond motifs is 1. The summed E-state index contributed by atoms with van der Waals surface area (Å²) in [6.07, 6.45) is 4.79. The Morgan fingerprint density at radius 3 is 2.72 bits per heavy atom. The molecule has 0 saturated carbocycles. The van der Waals surface area contributed by atoms with Crippen LogP contribution in [0.3, 0.4) is 0 Å². The zero-order chi connectivity index (χ0) is 24.6. The molecule has 2 fully saturated rings. The molecule has 0 N–H and O–H groups in total. The number of amides is 2. The van der Waals surface area contributed by atoms with Crippen molar-refractivity contribution in [2.45, 2.75) is 45.1 Å². The Bertz CT molecular complexity index is 1420. The van der Waals surface area contributed by atoms with Crippen molar-refractivity contribution in [3.8, 4) is 11.4 Å². The summed E-state index contributed by atoms with van der Waals surface area (Å²) in [6, 6.07) is 13.8. The van der Waals surface area contributed by atoms with Gasteiger partial charge in [0.25, 0.3) is 0 Å². The van der Waals surface area contributed by atoms with Crippen LogP contribution in [0.2, 0.25) is 0 Å². The first-order chi connectivity index (χ1) is 17.5. The van der Waals surface area contributed by atoms with Crippen molar-refractivity contribution >= 4 is 28.5 Å². The fourth-order valence-electron chi connectivity index (χ4n) is 5.09. The van der Waals surface area contributed by atoms with E-state index in [-0.39, 0.29) is 17.7 Å². The molecule has 9 nitrogen and oxygen atoms in total. The van der Waals surface area contributed by atoms with E-state index < -0.39 is 0 Å². The lowest BCUT2D eigenvalue weighted by Gasteiger charge is -2.16. The Balaban J connectivity index is 1.15. The van der Waals surface area contributed by atoms with Gasteiger partial charge in [0, 0.05) is 50.3 Å². The van der Waals surface area contributed by atoms with Crippen molar-refractivity contribution < 1.29 is 14.1 Å². The Labute approximate surface area is 208 Å². The molecule has 0 radical (unpaired) electrons. The van der Waals surface area contributed by atoms with Crippen molar-refractivity contribution in [1.82, 2.24) is 24.6 Å². The van der Waals surface area contributed by atoms with Gasteiger partial charge in [-0.05, 0) is 50.1 Å². The van der Waals surface area contributed by atoms with Gasteiger partial charge in [0.15, 0.2) is 0 Å². The lowest BCUT2D eigenvalue weighted by atomic mass is 10.1. The maximum atomic E-state index is 12.6. The predicted molar refractivity (Wildman–Crippen MR) is 134 cm³/mol. The highest BCUT2D eigenvalue weighted by Crippen LogP contribution is 2.32. The quantitative estimate of drug-likeness (QED) is 0.411. The average molecular weight is 485 g/mol. The van der Waals surface area contributed by atoms with Gasteiger partial charge < -0.3 is 18.9 Å². The lowest BCUT2D eigenvalue weighted by molar-refractivity contribution is -0.130. The molecule has 2 aromatic carbocycles. The molecule has 0 spiro atoms. The summed E-state index contributed by atoms with van der Waals surface area (Å²) in [5.74, 6) is 1.07. The normalized spacial score (nSPS) is 18.0. The van der Waals surface area contributed by atoms with Crippen LogP contribution >= 0.6 is 0 Å². The van der Waals surface area contributed by atoms with Crippen molar-refractivity contribution in [2.24, 2.45) is 0 Å².